The van der Waals surface area contributed by atoms with Crippen LogP contribution in [0.5, 0.6) is 0 Å². The number of hydrogen-bond donors (Lipinski definition) is 2. The summed E-state index contributed by atoms with van der Waals surface area (Å²) < 4.78 is 10.2. The summed E-state index contributed by atoms with van der Waals surface area (Å²) >= 11 is 0. The smallest absolute Gasteiger partial charge is 0.226 e. The molecule has 0 radical (unpaired) electrons. The van der Waals surface area contributed by atoms with E-state index in [9.17, 15) is 4.79 Å². The first kappa shape index (κ1) is 13.7. The van der Waals surface area contributed by atoms with Gasteiger partial charge in [0.1, 0.15) is 18.2 Å². The molecule has 1 unspecified atom stereocenters. The summed E-state index contributed by atoms with van der Waals surface area (Å²) in [6.45, 7) is 1.27. The summed E-state index contributed by atoms with van der Waals surface area (Å²) in [4.78, 5) is 16.1. The Bertz CT molecular complexity index is 574. The Morgan fingerprint density at radius 1 is 1.52 bits per heavy atom. The molecule has 3 rings (SSSR count). The van der Waals surface area contributed by atoms with Crippen molar-refractivity contribution in [2.75, 3.05) is 13.2 Å². The van der Waals surface area contributed by atoms with Crippen molar-refractivity contribution in [2.24, 2.45) is 0 Å². The molecule has 0 spiro atoms. The lowest BCUT2D eigenvalue weighted by atomic mass is 10.2. The molecular weight excluding hydrogens is 274 g/mol. The van der Waals surface area contributed by atoms with Gasteiger partial charge in [-0.15, -0.1) is 0 Å². The molecule has 8 heteroatoms. The number of amides is 1. The monoisotopic (exact) mass is 291 g/mol. The molecule has 0 aliphatic carbocycles. The van der Waals surface area contributed by atoms with Crippen LogP contribution in [-0.4, -0.2) is 39.4 Å². The maximum absolute atomic E-state index is 11.7. The first-order chi connectivity index (χ1) is 10.3. The Morgan fingerprint density at radius 3 is 3.24 bits per heavy atom. The molecule has 0 bridgehead atoms. The Hall–Kier alpha value is -2.22. The number of aromatic amines is 1. The fraction of sp³-hybridized carbons (Fsp3) is 0.538. The third-order valence-electron chi connectivity index (χ3n) is 3.28. The zero-order chi connectivity index (χ0) is 14.5. The molecule has 1 saturated heterocycles. The normalized spacial score (nSPS) is 18.0. The number of ether oxygens (including phenoxy) is 1. The average molecular weight is 291 g/mol. The molecule has 8 nitrogen and oxygen atoms in total. The highest BCUT2D eigenvalue weighted by Crippen LogP contribution is 2.25. The Kier molecular flexibility index (Phi) is 4.25. The largest absolute Gasteiger partial charge is 0.370 e. The number of carbonyl (C=O) groups is 1. The summed E-state index contributed by atoms with van der Waals surface area (Å²) in [5.74, 6) is 1.36. The predicted octanol–water partition coefficient (Wildman–Crippen LogP) is 0.546. The lowest BCUT2D eigenvalue weighted by Gasteiger charge is -2.02. The van der Waals surface area contributed by atoms with Gasteiger partial charge in [0, 0.05) is 25.6 Å². The Labute approximate surface area is 121 Å². The molecule has 1 amide bonds. The lowest BCUT2D eigenvalue weighted by Crippen LogP contribution is -2.27. The van der Waals surface area contributed by atoms with Crippen LogP contribution in [0.4, 0.5) is 0 Å². The molecule has 21 heavy (non-hydrogen) atoms. The second-order valence-electron chi connectivity index (χ2n) is 4.91. The number of carbonyl (C=O) groups excluding carboxylic acids is 1. The van der Waals surface area contributed by atoms with Crippen molar-refractivity contribution in [3.8, 4) is 0 Å². The van der Waals surface area contributed by atoms with E-state index in [0.717, 1.165) is 25.3 Å². The minimum absolute atomic E-state index is 0.0109. The summed E-state index contributed by atoms with van der Waals surface area (Å²) in [6, 6.07) is 1.67. The molecule has 1 aliphatic heterocycles. The van der Waals surface area contributed by atoms with Crippen molar-refractivity contribution in [3.05, 3.63) is 29.7 Å². The first-order valence-electron chi connectivity index (χ1n) is 7.00. The zero-order valence-corrected chi connectivity index (χ0v) is 11.5. The highest BCUT2D eigenvalue weighted by atomic mass is 16.5. The summed E-state index contributed by atoms with van der Waals surface area (Å²) in [7, 11) is 0. The maximum atomic E-state index is 11.7. The number of aromatic nitrogens is 4. The van der Waals surface area contributed by atoms with Crippen LogP contribution in [0.2, 0.25) is 0 Å². The molecule has 2 aromatic heterocycles. The Balaban J connectivity index is 1.41. The predicted molar refractivity (Wildman–Crippen MR) is 71.2 cm³/mol. The fourth-order valence-corrected chi connectivity index (χ4v) is 2.22. The minimum Gasteiger partial charge on any atom is -0.370 e. The van der Waals surface area contributed by atoms with Gasteiger partial charge in [0.2, 0.25) is 5.91 Å². The first-order valence-corrected chi connectivity index (χ1v) is 7.00. The molecule has 1 fully saturated rings. The van der Waals surface area contributed by atoms with Gasteiger partial charge in [-0.2, -0.15) is 5.10 Å². The molecule has 1 atom stereocenters. The van der Waals surface area contributed by atoms with E-state index in [2.05, 4.69) is 30.2 Å². The van der Waals surface area contributed by atoms with Gasteiger partial charge >= 0.3 is 0 Å². The fourth-order valence-electron chi connectivity index (χ4n) is 2.22. The number of nitrogens with zero attached hydrogens (tertiary/aromatic N) is 3. The van der Waals surface area contributed by atoms with Gasteiger partial charge in [0.05, 0.1) is 12.1 Å². The van der Waals surface area contributed by atoms with Gasteiger partial charge in [0.25, 0.3) is 0 Å². The standard InChI is InChI=1S/C13H17N5O3/c19-12(8-9-4-7-21-18-9)14-5-3-11-15-13(17-16-11)10-2-1-6-20-10/h4,7,10H,1-3,5-6,8H2,(H,14,19)(H,15,16,17). The number of rotatable bonds is 6. The molecule has 112 valence electrons. The number of hydrogen-bond acceptors (Lipinski definition) is 6. The van der Waals surface area contributed by atoms with Crippen molar-refractivity contribution in [2.45, 2.75) is 31.8 Å². The third-order valence-corrected chi connectivity index (χ3v) is 3.28. The third kappa shape index (κ3) is 3.66. The SMILES string of the molecule is O=C(Cc1ccon1)NCCc1nc(C2CCCO2)n[nH]1. The number of H-pyrrole nitrogens is 1. The molecule has 3 heterocycles. The summed E-state index contributed by atoms with van der Waals surface area (Å²) in [5, 5.41) is 13.5. The van der Waals surface area contributed by atoms with Crippen LogP contribution in [0.25, 0.3) is 0 Å². The second kappa shape index (κ2) is 6.49. The van der Waals surface area contributed by atoms with E-state index >= 15 is 0 Å². The van der Waals surface area contributed by atoms with Gasteiger partial charge in [0.15, 0.2) is 5.82 Å². The van der Waals surface area contributed by atoms with Gasteiger partial charge in [-0.3, -0.25) is 9.89 Å². The molecule has 0 saturated carbocycles. The highest BCUT2D eigenvalue weighted by Gasteiger charge is 2.21. The molecule has 0 aromatic carbocycles. The van der Waals surface area contributed by atoms with Crippen LogP contribution in [0, 0.1) is 0 Å². The van der Waals surface area contributed by atoms with E-state index in [1.54, 1.807) is 6.07 Å². The van der Waals surface area contributed by atoms with Crippen LogP contribution in [0.15, 0.2) is 16.9 Å². The van der Waals surface area contributed by atoms with Crippen molar-refractivity contribution in [3.63, 3.8) is 0 Å². The minimum atomic E-state index is -0.0947. The van der Waals surface area contributed by atoms with Gasteiger partial charge < -0.3 is 14.6 Å². The van der Waals surface area contributed by atoms with Gasteiger partial charge in [-0.1, -0.05) is 5.16 Å². The summed E-state index contributed by atoms with van der Waals surface area (Å²) in [5.41, 5.74) is 0.618. The van der Waals surface area contributed by atoms with E-state index < -0.39 is 0 Å². The number of nitrogens with one attached hydrogen (secondary N) is 2. The average Bonchev–Trinajstić information content (AvgIpc) is 3.21. The topological polar surface area (TPSA) is 106 Å². The van der Waals surface area contributed by atoms with E-state index in [-0.39, 0.29) is 18.4 Å². The van der Waals surface area contributed by atoms with Crippen LogP contribution in [0.3, 0.4) is 0 Å². The van der Waals surface area contributed by atoms with Crippen molar-refractivity contribution in [1.29, 1.82) is 0 Å². The van der Waals surface area contributed by atoms with Crippen LogP contribution in [0.1, 0.15) is 36.3 Å². The van der Waals surface area contributed by atoms with Crippen molar-refractivity contribution < 1.29 is 14.1 Å². The molecular formula is C13H17N5O3. The molecule has 2 N–H and O–H groups in total. The van der Waals surface area contributed by atoms with Crippen molar-refractivity contribution in [1.82, 2.24) is 25.7 Å². The van der Waals surface area contributed by atoms with Crippen LogP contribution in [-0.2, 0) is 22.4 Å². The highest BCUT2D eigenvalue weighted by molar-refractivity contribution is 5.77. The molecule has 2 aromatic rings. The van der Waals surface area contributed by atoms with Crippen molar-refractivity contribution >= 4 is 5.91 Å². The van der Waals surface area contributed by atoms with E-state index in [0.29, 0.717) is 24.5 Å². The van der Waals surface area contributed by atoms with E-state index in [1.165, 1.54) is 6.26 Å². The quantitative estimate of drug-likeness (QED) is 0.805. The van der Waals surface area contributed by atoms with E-state index in [1.807, 2.05) is 0 Å². The maximum Gasteiger partial charge on any atom is 0.226 e. The second-order valence-corrected chi connectivity index (χ2v) is 4.91. The zero-order valence-electron chi connectivity index (χ0n) is 11.5. The van der Waals surface area contributed by atoms with Crippen LogP contribution < -0.4 is 5.32 Å². The molecule has 1 aliphatic rings. The Morgan fingerprint density at radius 2 is 2.48 bits per heavy atom. The van der Waals surface area contributed by atoms with E-state index in [4.69, 9.17) is 4.74 Å². The summed E-state index contributed by atoms with van der Waals surface area (Å²) in [6.07, 6.45) is 4.29. The van der Waals surface area contributed by atoms with Crippen LogP contribution >= 0.6 is 0 Å². The lowest BCUT2D eigenvalue weighted by molar-refractivity contribution is -0.120. The van der Waals surface area contributed by atoms with Gasteiger partial charge in [-0.25, -0.2) is 4.98 Å². The van der Waals surface area contributed by atoms with Gasteiger partial charge in [-0.05, 0) is 12.8 Å².